The average molecular weight is 374 g/mol. The van der Waals surface area contributed by atoms with Crippen LogP contribution in [0, 0.1) is 13.8 Å². The van der Waals surface area contributed by atoms with Gasteiger partial charge in [-0.1, -0.05) is 6.07 Å². The standard InChI is InChI=1S/C19H27N5OS/c1-14-5-6-18(25-4)17(11-14)20-19(26)24-9-7-23(8-10-24)13-16-12-22(3)21-15(16)2/h5-6,11-12H,7-10,13H2,1-4H3,(H,20,26). The van der Waals surface area contributed by atoms with Crippen molar-refractivity contribution in [2.45, 2.75) is 20.4 Å². The number of aromatic nitrogens is 2. The van der Waals surface area contributed by atoms with E-state index in [0.717, 1.165) is 55.0 Å². The minimum absolute atomic E-state index is 0.756. The van der Waals surface area contributed by atoms with E-state index in [4.69, 9.17) is 17.0 Å². The van der Waals surface area contributed by atoms with Gasteiger partial charge in [-0.25, -0.2) is 0 Å². The molecule has 1 fully saturated rings. The van der Waals surface area contributed by atoms with Crippen LogP contribution in [-0.2, 0) is 13.6 Å². The van der Waals surface area contributed by atoms with Crippen molar-refractivity contribution in [2.75, 3.05) is 38.6 Å². The molecule has 0 bridgehead atoms. The molecule has 2 heterocycles. The first-order valence-corrected chi connectivity index (χ1v) is 9.29. The van der Waals surface area contributed by atoms with Gasteiger partial charge in [-0.05, 0) is 43.8 Å². The molecule has 7 heteroatoms. The second-order valence-electron chi connectivity index (χ2n) is 6.81. The van der Waals surface area contributed by atoms with Gasteiger partial charge in [0.15, 0.2) is 5.11 Å². The number of hydrogen-bond donors (Lipinski definition) is 1. The number of rotatable bonds is 4. The van der Waals surface area contributed by atoms with Crippen LogP contribution in [0.2, 0.25) is 0 Å². The molecule has 0 atom stereocenters. The van der Waals surface area contributed by atoms with Crippen molar-refractivity contribution in [3.05, 3.63) is 41.2 Å². The molecule has 0 radical (unpaired) electrons. The summed E-state index contributed by atoms with van der Waals surface area (Å²) in [5.74, 6) is 0.809. The lowest BCUT2D eigenvalue weighted by Gasteiger charge is -2.36. The SMILES string of the molecule is COc1ccc(C)cc1NC(=S)N1CCN(Cc2cn(C)nc2C)CC1. The fraction of sp³-hybridized carbons (Fsp3) is 0.474. The quantitative estimate of drug-likeness (QED) is 0.831. The molecule has 6 nitrogen and oxygen atoms in total. The van der Waals surface area contributed by atoms with Gasteiger partial charge in [0, 0.05) is 51.5 Å². The van der Waals surface area contributed by atoms with Crippen molar-refractivity contribution in [3.63, 3.8) is 0 Å². The first-order valence-electron chi connectivity index (χ1n) is 8.88. The Morgan fingerprint density at radius 2 is 1.96 bits per heavy atom. The van der Waals surface area contributed by atoms with Crippen LogP contribution in [0.5, 0.6) is 5.75 Å². The maximum absolute atomic E-state index is 5.63. The number of anilines is 1. The fourth-order valence-corrected chi connectivity index (χ4v) is 3.56. The van der Waals surface area contributed by atoms with Gasteiger partial charge in [-0.2, -0.15) is 5.10 Å². The summed E-state index contributed by atoms with van der Waals surface area (Å²) >= 11 is 5.63. The zero-order valence-corrected chi connectivity index (χ0v) is 16.8. The molecule has 2 aromatic rings. The summed E-state index contributed by atoms with van der Waals surface area (Å²) in [6.07, 6.45) is 2.11. The van der Waals surface area contributed by atoms with Gasteiger partial charge in [0.25, 0.3) is 0 Å². The second-order valence-corrected chi connectivity index (χ2v) is 7.20. The molecule has 1 aromatic carbocycles. The lowest BCUT2D eigenvalue weighted by molar-refractivity contribution is 0.176. The molecule has 0 unspecified atom stereocenters. The van der Waals surface area contributed by atoms with E-state index in [1.165, 1.54) is 11.1 Å². The van der Waals surface area contributed by atoms with Crippen molar-refractivity contribution in [3.8, 4) is 5.75 Å². The molecular formula is C19H27N5OS. The van der Waals surface area contributed by atoms with E-state index in [1.54, 1.807) is 7.11 Å². The molecule has 3 rings (SSSR count). The highest BCUT2D eigenvalue weighted by molar-refractivity contribution is 7.80. The Hall–Kier alpha value is -2.12. The van der Waals surface area contributed by atoms with Crippen LogP contribution in [0.3, 0.4) is 0 Å². The van der Waals surface area contributed by atoms with E-state index in [2.05, 4.69) is 46.3 Å². The van der Waals surface area contributed by atoms with E-state index in [9.17, 15) is 0 Å². The summed E-state index contributed by atoms with van der Waals surface area (Å²) in [6, 6.07) is 6.06. The normalized spacial score (nSPS) is 15.2. The predicted octanol–water partition coefficient (Wildman–Crippen LogP) is 2.56. The van der Waals surface area contributed by atoms with Crippen LogP contribution in [0.15, 0.2) is 24.4 Å². The van der Waals surface area contributed by atoms with Crippen molar-refractivity contribution >= 4 is 23.0 Å². The number of benzene rings is 1. The van der Waals surface area contributed by atoms with Gasteiger partial charge in [0.05, 0.1) is 18.5 Å². The highest BCUT2D eigenvalue weighted by Crippen LogP contribution is 2.25. The van der Waals surface area contributed by atoms with Crippen LogP contribution in [0.25, 0.3) is 0 Å². The predicted molar refractivity (Wildman–Crippen MR) is 109 cm³/mol. The van der Waals surface area contributed by atoms with Crippen LogP contribution in [0.4, 0.5) is 5.69 Å². The molecule has 1 aromatic heterocycles. The molecule has 0 aliphatic carbocycles. The van der Waals surface area contributed by atoms with Crippen molar-refractivity contribution in [1.82, 2.24) is 19.6 Å². The molecule has 0 spiro atoms. The molecule has 1 N–H and O–H groups in total. The molecule has 26 heavy (non-hydrogen) atoms. The molecule has 0 amide bonds. The van der Waals surface area contributed by atoms with Gasteiger partial charge in [-0.3, -0.25) is 9.58 Å². The third kappa shape index (κ3) is 4.34. The van der Waals surface area contributed by atoms with Crippen LogP contribution in [-0.4, -0.2) is 58.0 Å². The Kier molecular flexibility index (Phi) is 5.78. The van der Waals surface area contributed by atoms with E-state index in [-0.39, 0.29) is 0 Å². The Balaban J connectivity index is 1.55. The summed E-state index contributed by atoms with van der Waals surface area (Å²) < 4.78 is 7.31. The number of aryl methyl sites for hydroxylation is 3. The third-order valence-electron chi connectivity index (χ3n) is 4.77. The number of nitrogens with one attached hydrogen (secondary N) is 1. The average Bonchev–Trinajstić information content (AvgIpc) is 2.93. The lowest BCUT2D eigenvalue weighted by Crippen LogP contribution is -2.49. The van der Waals surface area contributed by atoms with Crippen molar-refractivity contribution in [2.24, 2.45) is 7.05 Å². The van der Waals surface area contributed by atoms with Crippen molar-refractivity contribution < 1.29 is 4.74 Å². The summed E-state index contributed by atoms with van der Waals surface area (Å²) in [7, 11) is 3.65. The second kappa shape index (κ2) is 8.05. The van der Waals surface area contributed by atoms with Gasteiger partial charge in [-0.15, -0.1) is 0 Å². The molecular weight excluding hydrogens is 346 g/mol. The lowest BCUT2D eigenvalue weighted by atomic mass is 10.2. The Morgan fingerprint density at radius 1 is 1.23 bits per heavy atom. The van der Waals surface area contributed by atoms with Gasteiger partial charge < -0.3 is 15.0 Å². The number of nitrogens with zero attached hydrogens (tertiary/aromatic N) is 4. The van der Waals surface area contributed by atoms with Gasteiger partial charge in [0.1, 0.15) is 5.75 Å². The molecule has 0 saturated carbocycles. The summed E-state index contributed by atoms with van der Waals surface area (Å²) in [5, 5.41) is 8.53. The smallest absolute Gasteiger partial charge is 0.173 e. The number of thiocarbonyl (C=S) groups is 1. The highest BCUT2D eigenvalue weighted by Gasteiger charge is 2.20. The van der Waals surface area contributed by atoms with Crippen LogP contribution >= 0.6 is 12.2 Å². The monoisotopic (exact) mass is 373 g/mol. The van der Waals surface area contributed by atoms with E-state index in [0.29, 0.717) is 0 Å². The first-order chi connectivity index (χ1) is 12.5. The Morgan fingerprint density at radius 3 is 2.58 bits per heavy atom. The topological polar surface area (TPSA) is 45.6 Å². The summed E-state index contributed by atoms with van der Waals surface area (Å²) in [4.78, 5) is 4.68. The van der Waals surface area contributed by atoms with E-state index in [1.807, 2.05) is 23.9 Å². The summed E-state index contributed by atoms with van der Waals surface area (Å²) in [5.41, 5.74) is 4.50. The van der Waals surface area contributed by atoms with Crippen LogP contribution < -0.4 is 10.1 Å². The molecule has 140 valence electrons. The van der Waals surface area contributed by atoms with Gasteiger partial charge in [0.2, 0.25) is 0 Å². The minimum atomic E-state index is 0.756. The summed E-state index contributed by atoms with van der Waals surface area (Å²) in [6.45, 7) is 8.88. The number of methoxy groups -OCH3 is 1. The largest absolute Gasteiger partial charge is 0.495 e. The minimum Gasteiger partial charge on any atom is -0.495 e. The number of piperazine rings is 1. The van der Waals surface area contributed by atoms with E-state index < -0.39 is 0 Å². The maximum atomic E-state index is 5.63. The maximum Gasteiger partial charge on any atom is 0.173 e. The third-order valence-corrected chi connectivity index (χ3v) is 5.13. The number of hydrogen-bond acceptors (Lipinski definition) is 4. The molecule has 1 aliphatic rings. The first kappa shape index (κ1) is 18.7. The Bertz CT molecular complexity index is 780. The zero-order chi connectivity index (χ0) is 18.7. The Labute approximate surface area is 160 Å². The van der Waals surface area contributed by atoms with Crippen molar-refractivity contribution in [1.29, 1.82) is 0 Å². The van der Waals surface area contributed by atoms with Gasteiger partial charge >= 0.3 is 0 Å². The van der Waals surface area contributed by atoms with E-state index >= 15 is 0 Å². The molecule has 1 aliphatic heterocycles. The van der Waals surface area contributed by atoms with Crippen LogP contribution in [0.1, 0.15) is 16.8 Å². The highest BCUT2D eigenvalue weighted by atomic mass is 32.1. The molecule has 1 saturated heterocycles. The number of ether oxygens (including phenoxy) is 1. The zero-order valence-electron chi connectivity index (χ0n) is 16.0. The fourth-order valence-electron chi connectivity index (χ4n) is 3.27.